The molecular formula is C24H23FN2O4S. The zero-order valence-corrected chi connectivity index (χ0v) is 18.5. The predicted octanol–water partition coefficient (Wildman–Crippen LogP) is 4.60. The highest BCUT2D eigenvalue weighted by atomic mass is 32.1. The number of nitrogens with one attached hydrogen (secondary N) is 1. The minimum atomic E-state index is -0.634. The third kappa shape index (κ3) is 7.02. The zero-order chi connectivity index (χ0) is 22.9. The normalized spacial score (nSPS) is 11.8. The first-order chi connectivity index (χ1) is 15.4. The molecule has 2 aromatic carbocycles. The lowest BCUT2D eigenvalue weighted by atomic mass is 10.0. The van der Waals surface area contributed by atoms with E-state index < -0.39 is 17.8 Å². The molecule has 0 radical (unpaired) electrons. The van der Waals surface area contributed by atoms with Gasteiger partial charge in [0.25, 0.3) is 0 Å². The van der Waals surface area contributed by atoms with E-state index in [2.05, 4.69) is 10.3 Å². The van der Waals surface area contributed by atoms with Gasteiger partial charge in [-0.2, -0.15) is 0 Å². The molecule has 0 saturated heterocycles. The molecule has 0 bridgehead atoms. The number of carbonyl (C=O) groups is 2. The van der Waals surface area contributed by atoms with E-state index in [1.165, 1.54) is 37.5 Å². The Kier molecular flexibility index (Phi) is 8.10. The maximum absolute atomic E-state index is 13.2. The van der Waals surface area contributed by atoms with Gasteiger partial charge in [0.15, 0.2) is 0 Å². The van der Waals surface area contributed by atoms with Gasteiger partial charge in [-0.3, -0.25) is 9.59 Å². The van der Waals surface area contributed by atoms with Crippen molar-refractivity contribution in [3.8, 4) is 5.75 Å². The lowest BCUT2D eigenvalue weighted by Gasteiger charge is -2.17. The number of aryl methyl sites for hydroxylation is 1. The van der Waals surface area contributed by atoms with Crippen LogP contribution in [0.5, 0.6) is 5.75 Å². The van der Waals surface area contributed by atoms with Gasteiger partial charge in [0, 0.05) is 11.5 Å². The average molecular weight is 455 g/mol. The van der Waals surface area contributed by atoms with Gasteiger partial charge in [0.1, 0.15) is 18.2 Å². The molecule has 0 aliphatic heterocycles. The number of aromatic nitrogens is 1. The number of nitrogens with zero attached hydrogens (tertiary/aromatic N) is 1. The van der Waals surface area contributed by atoms with E-state index in [0.29, 0.717) is 17.9 Å². The first kappa shape index (κ1) is 23.1. The van der Waals surface area contributed by atoms with Gasteiger partial charge in [-0.1, -0.05) is 24.3 Å². The number of amides is 1. The molecule has 166 valence electrons. The van der Waals surface area contributed by atoms with Crippen molar-refractivity contribution in [3.05, 3.63) is 87.6 Å². The number of esters is 1. The number of ether oxygens (including phenoxy) is 2. The summed E-state index contributed by atoms with van der Waals surface area (Å²) in [5.41, 5.74) is 2.30. The molecule has 0 fully saturated rings. The highest BCUT2D eigenvalue weighted by Gasteiger charge is 2.18. The molecule has 6 nitrogen and oxygen atoms in total. The number of benzene rings is 2. The second kappa shape index (κ2) is 11.2. The van der Waals surface area contributed by atoms with Crippen LogP contribution in [0.2, 0.25) is 0 Å². The lowest BCUT2D eigenvalue weighted by molar-refractivity contribution is -0.141. The van der Waals surface area contributed by atoms with Crippen molar-refractivity contribution in [1.29, 1.82) is 0 Å². The van der Waals surface area contributed by atoms with Gasteiger partial charge in [-0.15, -0.1) is 11.3 Å². The van der Waals surface area contributed by atoms with Crippen molar-refractivity contribution < 1.29 is 23.5 Å². The Labute approximate surface area is 189 Å². The van der Waals surface area contributed by atoms with E-state index in [1.807, 2.05) is 36.6 Å². The van der Waals surface area contributed by atoms with Gasteiger partial charge >= 0.3 is 5.97 Å². The molecule has 0 saturated carbocycles. The third-order valence-electron chi connectivity index (χ3n) is 4.55. The summed E-state index contributed by atoms with van der Waals surface area (Å²) in [5, 5.41) is 5.72. The molecule has 3 rings (SSSR count). The lowest BCUT2D eigenvalue weighted by Crippen LogP contribution is -2.29. The maximum Gasteiger partial charge on any atom is 0.307 e. The summed E-state index contributed by atoms with van der Waals surface area (Å²) in [6, 6.07) is 12.3. The summed E-state index contributed by atoms with van der Waals surface area (Å²) >= 11 is 1.58. The highest BCUT2D eigenvalue weighted by molar-refractivity contribution is 7.09. The number of thiazole rings is 1. The molecule has 32 heavy (non-hydrogen) atoms. The van der Waals surface area contributed by atoms with Crippen LogP contribution in [0.1, 0.15) is 34.3 Å². The van der Waals surface area contributed by atoms with Crippen molar-refractivity contribution in [1.82, 2.24) is 10.3 Å². The van der Waals surface area contributed by atoms with Crippen molar-refractivity contribution in [2.75, 3.05) is 7.11 Å². The molecule has 1 N–H and O–H groups in total. The fraction of sp³-hybridized carbons (Fsp3) is 0.208. The van der Waals surface area contributed by atoms with Crippen LogP contribution >= 0.6 is 11.3 Å². The van der Waals surface area contributed by atoms with Crippen LogP contribution < -0.4 is 10.1 Å². The Bertz CT molecular complexity index is 1080. The van der Waals surface area contributed by atoms with Crippen molar-refractivity contribution in [2.24, 2.45) is 0 Å². The molecule has 1 amide bonds. The number of hydrogen-bond acceptors (Lipinski definition) is 6. The Hall–Kier alpha value is -3.52. The molecule has 1 heterocycles. The summed E-state index contributed by atoms with van der Waals surface area (Å²) < 4.78 is 23.6. The smallest absolute Gasteiger partial charge is 0.307 e. The second-order valence-corrected chi connectivity index (χ2v) is 8.00. The average Bonchev–Trinajstić information content (AvgIpc) is 3.22. The van der Waals surface area contributed by atoms with Crippen LogP contribution in [0.15, 0.2) is 60.0 Å². The number of carbonyl (C=O) groups excluding carboxylic acids is 2. The molecule has 1 atom stereocenters. The maximum atomic E-state index is 13.2. The van der Waals surface area contributed by atoms with Crippen LogP contribution in [0.3, 0.4) is 0 Å². The largest absolute Gasteiger partial charge is 0.487 e. The van der Waals surface area contributed by atoms with Crippen LogP contribution in [0, 0.1) is 12.7 Å². The van der Waals surface area contributed by atoms with Crippen molar-refractivity contribution in [3.63, 3.8) is 0 Å². The summed E-state index contributed by atoms with van der Waals surface area (Å²) in [7, 11) is 1.27. The van der Waals surface area contributed by atoms with Gasteiger partial charge in [0.2, 0.25) is 5.91 Å². The minimum absolute atomic E-state index is 0.0632. The fourth-order valence-electron chi connectivity index (χ4n) is 2.90. The van der Waals surface area contributed by atoms with Gasteiger partial charge in [0.05, 0.1) is 30.3 Å². The van der Waals surface area contributed by atoms with Gasteiger partial charge < -0.3 is 14.8 Å². The monoisotopic (exact) mass is 454 g/mol. The van der Waals surface area contributed by atoms with Crippen LogP contribution in [0.4, 0.5) is 4.39 Å². The van der Waals surface area contributed by atoms with E-state index in [0.717, 1.165) is 16.3 Å². The van der Waals surface area contributed by atoms with Crippen molar-refractivity contribution >= 4 is 29.3 Å². The Balaban J connectivity index is 1.58. The molecule has 8 heteroatoms. The SMILES string of the molecule is COC(=O)CC(NC(=O)/C=C/c1ccc(OCc2csc(C)n2)cc1)c1ccc(F)cc1. The number of hydrogen-bond donors (Lipinski definition) is 1. The molecule has 3 aromatic rings. The van der Waals surface area contributed by atoms with E-state index in [-0.39, 0.29) is 12.3 Å². The zero-order valence-electron chi connectivity index (χ0n) is 17.7. The second-order valence-electron chi connectivity index (χ2n) is 6.94. The van der Waals surface area contributed by atoms with Crippen LogP contribution in [-0.2, 0) is 20.9 Å². The number of rotatable bonds is 9. The fourth-order valence-corrected chi connectivity index (χ4v) is 3.49. The van der Waals surface area contributed by atoms with Gasteiger partial charge in [-0.25, -0.2) is 9.37 Å². The summed E-state index contributed by atoms with van der Waals surface area (Å²) in [5.74, 6) is -0.563. The van der Waals surface area contributed by atoms with E-state index >= 15 is 0 Å². The van der Waals surface area contributed by atoms with E-state index in [4.69, 9.17) is 9.47 Å². The molecule has 0 aliphatic carbocycles. The molecule has 1 aromatic heterocycles. The number of halogens is 1. The van der Waals surface area contributed by atoms with E-state index in [9.17, 15) is 14.0 Å². The Morgan fingerprint density at radius 3 is 2.50 bits per heavy atom. The van der Waals surface area contributed by atoms with Crippen molar-refractivity contribution in [2.45, 2.75) is 26.0 Å². The summed E-state index contributed by atoms with van der Waals surface area (Å²) in [6.45, 7) is 2.34. The first-order valence-corrected chi connectivity index (χ1v) is 10.8. The quantitative estimate of drug-likeness (QED) is 0.378. The molecule has 1 unspecified atom stereocenters. The summed E-state index contributed by atoms with van der Waals surface area (Å²) in [6.07, 6.45) is 2.97. The Morgan fingerprint density at radius 2 is 1.88 bits per heavy atom. The van der Waals surface area contributed by atoms with Crippen LogP contribution in [0.25, 0.3) is 6.08 Å². The van der Waals surface area contributed by atoms with Gasteiger partial charge in [-0.05, 0) is 48.4 Å². The molecular weight excluding hydrogens is 431 g/mol. The molecule has 0 aliphatic rings. The standard InChI is InChI=1S/C24H23FN2O4S/c1-16-26-20(15-32-16)14-31-21-10-3-17(4-11-21)5-12-23(28)27-22(13-24(29)30-2)18-6-8-19(25)9-7-18/h3-12,15,22H,13-14H2,1-2H3,(H,27,28)/b12-5+. The third-order valence-corrected chi connectivity index (χ3v) is 5.37. The summed E-state index contributed by atoms with van der Waals surface area (Å²) in [4.78, 5) is 28.5. The predicted molar refractivity (Wildman–Crippen MR) is 121 cm³/mol. The van der Waals surface area contributed by atoms with Crippen LogP contribution in [-0.4, -0.2) is 24.0 Å². The Morgan fingerprint density at radius 1 is 1.16 bits per heavy atom. The highest BCUT2D eigenvalue weighted by Crippen LogP contribution is 2.19. The minimum Gasteiger partial charge on any atom is -0.487 e. The first-order valence-electron chi connectivity index (χ1n) is 9.87. The molecule has 0 spiro atoms. The topological polar surface area (TPSA) is 77.5 Å². The van der Waals surface area contributed by atoms with E-state index in [1.54, 1.807) is 17.4 Å². The number of methoxy groups -OCH3 is 1.